The van der Waals surface area contributed by atoms with E-state index in [0.717, 1.165) is 42.9 Å². The summed E-state index contributed by atoms with van der Waals surface area (Å²) in [6.07, 6.45) is 2.50. The number of likely N-dealkylation sites (tertiary alicyclic amines) is 1. The second-order valence-corrected chi connectivity index (χ2v) is 16.4. The summed E-state index contributed by atoms with van der Waals surface area (Å²) in [6.45, 7) is 4.47. The largest absolute Gasteiger partial charge is 0.508 e. The number of carbonyl (C=O) groups excluding carboxylic acids is 4. The van der Waals surface area contributed by atoms with E-state index in [1.54, 1.807) is 4.90 Å². The van der Waals surface area contributed by atoms with Crippen LogP contribution in [0.5, 0.6) is 11.5 Å². The molecule has 57 heavy (non-hydrogen) atoms. The molecule has 12 nitrogen and oxygen atoms in total. The lowest BCUT2D eigenvalue weighted by molar-refractivity contribution is -0.137. The zero-order valence-electron chi connectivity index (χ0n) is 31.7. The number of aryl methyl sites for hydroxylation is 1. The van der Waals surface area contributed by atoms with Crippen LogP contribution in [-0.4, -0.2) is 107 Å². The van der Waals surface area contributed by atoms with Gasteiger partial charge in [-0.25, -0.2) is 0 Å². The number of fused-ring (bicyclic) bond motifs is 6. The van der Waals surface area contributed by atoms with Gasteiger partial charge in [0.25, 0.3) is 5.91 Å². The van der Waals surface area contributed by atoms with Crippen LogP contribution in [-0.2, 0) is 27.3 Å². The van der Waals surface area contributed by atoms with Crippen molar-refractivity contribution in [1.29, 1.82) is 0 Å². The number of piperidine rings is 1. The summed E-state index contributed by atoms with van der Waals surface area (Å²) in [4.78, 5) is 59.1. The van der Waals surface area contributed by atoms with Crippen molar-refractivity contribution in [2.75, 3.05) is 56.1 Å². The maximum Gasteiger partial charge on any atom is 0.255 e. The van der Waals surface area contributed by atoms with Crippen LogP contribution in [0.15, 0.2) is 84.9 Å². The van der Waals surface area contributed by atoms with Crippen molar-refractivity contribution in [3.05, 3.63) is 118 Å². The first-order valence-corrected chi connectivity index (χ1v) is 20.2. The third-order valence-corrected chi connectivity index (χ3v) is 13.0. The predicted octanol–water partition coefficient (Wildman–Crippen LogP) is 4.22. The van der Waals surface area contributed by atoms with E-state index >= 15 is 0 Å². The topological polar surface area (TPSA) is 135 Å². The smallest absolute Gasteiger partial charge is 0.255 e. The minimum absolute atomic E-state index is 0.00239. The van der Waals surface area contributed by atoms with Crippen LogP contribution in [0.4, 0.5) is 11.4 Å². The molecule has 4 aromatic rings. The number of hydrogen-bond acceptors (Lipinski definition) is 9. The van der Waals surface area contributed by atoms with Gasteiger partial charge in [-0.2, -0.15) is 0 Å². The number of benzene rings is 4. The molecule has 4 amide bonds. The van der Waals surface area contributed by atoms with Gasteiger partial charge in [0.2, 0.25) is 17.7 Å². The number of ether oxygens (including phenoxy) is 1. The van der Waals surface area contributed by atoms with E-state index in [-0.39, 0.29) is 48.7 Å². The number of phenols is 1. The van der Waals surface area contributed by atoms with Crippen molar-refractivity contribution in [3.63, 3.8) is 0 Å². The van der Waals surface area contributed by atoms with Gasteiger partial charge < -0.3 is 29.9 Å². The quantitative estimate of drug-likeness (QED) is 0.237. The molecule has 0 aromatic heterocycles. The number of hydrogen-bond donors (Lipinski definition) is 3. The van der Waals surface area contributed by atoms with Crippen LogP contribution >= 0.6 is 0 Å². The Balaban J connectivity index is 0.733. The Labute approximate surface area is 331 Å². The number of carbonyl (C=O) groups is 4. The van der Waals surface area contributed by atoms with Crippen molar-refractivity contribution in [2.24, 2.45) is 0 Å². The zero-order chi connectivity index (χ0) is 38.8. The van der Waals surface area contributed by atoms with Gasteiger partial charge in [-0.1, -0.05) is 48.5 Å². The molecule has 0 spiro atoms. The zero-order valence-corrected chi connectivity index (χ0v) is 31.7. The Morgan fingerprint density at radius 1 is 0.860 bits per heavy atom. The molecule has 6 aliphatic rings. The Kier molecular flexibility index (Phi) is 8.88. The first-order chi connectivity index (χ1) is 27.8. The number of amides is 4. The molecule has 3 fully saturated rings. The highest BCUT2D eigenvalue weighted by molar-refractivity contribution is 6.06. The molecule has 5 heterocycles. The van der Waals surface area contributed by atoms with Gasteiger partial charge in [0.1, 0.15) is 24.1 Å². The molecule has 1 aliphatic carbocycles. The molecule has 0 radical (unpaired) electrons. The molecule has 0 saturated carbocycles. The average Bonchev–Trinajstić information content (AvgIpc) is 3.55. The molecule has 5 aliphatic heterocycles. The number of nitrogens with zero attached hydrogens (tertiary/aromatic N) is 4. The van der Waals surface area contributed by atoms with Crippen molar-refractivity contribution in [3.8, 4) is 11.5 Å². The summed E-state index contributed by atoms with van der Waals surface area (Å²) < 4.78 is 6.32. The number of nitrogens with one attached hydrogen (secondary N) is 2. The van der Waals surface area contributed by atoms with Crippen molar-refractivity contribution in [2.45, 2.75) is 62.2 Å². The number of anilines is 2. The molecular formula is C45H46N6O6. The van der Waals surface area contributed by atoms with E-state index in [1.807, 2.05) is 29.2 Å². The molecular weight excluding hydrogens is 721 g/mol. The molecule has 4 aromatic carbocycles. The number of imide groups is 1. The summed E-state index contributed by atoms with van der Waals surface area (Å²) in [6, 6.07) is 28.7. The lowest BCUT2D eigenvalue weighted by Crippen LogP contribution is -2.62. The van der Waals surface area contributed by atoms with Crippen LogP contribution in [0.2, 0.25) is 0 Å². The van der Waals surface area contributed by atoms with E-state index in [1.165, 1.54) is 22.3 Å². The van der Waals surface area contributed by atoms with Crippen molar-refractivity contribution < 1.29 is 29.0 Å². The minimum Gasteiger partial charge on any atom is -0.508 e. The van der Waals surface area contributed by atoms with Gasteiger partial charge in [-0.15, -0.1) is 0 Å². The normalized spacial score (nSPS) is 24.4. The van der Waals surface area contributed by atoms with E-state index in [9.17, 15) is 24.3 Å². The highest BCUT2D eigenvalue weighted by atomic mass is 16.5. The van der Waals surface area contributed by atoms with Crippen molar-refractivity contribution in [1.82, 2.24) is 20.0 Å². The van der Waals surface area contributed by atoms with Gasteiger partial charge in [-0.3, -0.25) is 29.4 Å². The van der Waals surface area contributed by atoms with Gasteiger partial charge in [0.05, 0.1) is 30.9 Å². The van der Waals surface area contributed by atoms with Gasteiger partial charge in [0, 0.05) is 61.9 Å². The highest BCUT2D eigenvalue weighted by Crippen LogP contribution is 2.47. The molecule has 12 heteroatoms. The van der Waals surface area contributed by atoms with Crippen molar-refractivity contribution >= 4 is 35.0 Å². The summed E-state index contributed by atoms with van der Waals surface area (Å²) in [5.41, 5.74) is 8.43. The monoisotopic (exact) mass is 766 g/mol. The van der Waals surface area contributed by atoms with Gasteiger partial charge in [-0.05, 0) is 83.8 Å². The fourth-order valence-corrected chi connectivity index (χ4v) is 10.1. The molecule has 4 atom stereocenters. The van der Waals surface area contributed by atoms with E-state index in [2.05, 4.69) is 81.1 Å². The summed E-state index contributed by atoms with van der Waals surface area (Å²) in [5.74, 6) is 0.730. The number of aromatic hydroxyl groups is 1. The molecule has 0 bridgehead atoms. The Morgan fingerprint density at radius 2 is 1.68 bits per heavy atom. The Morgan fingerprint density at radius 3 is 2.49 bits per heavy atom. The van der Waals surface area contributed by atoms with E-state index in [4.69, 9.17) is 4.74 Å². The van der Waals surface area contributed by atoms with Crippen LogP contribution in [0.1, 0.15) is 69.3 Å². The minimum atomic E-state index is -0.676. The van der Waals surface area contributed by atoms with Crippen LogP contribution in [0.25, 0.3) is 0 Å². The molecule has 1 unspecified atom stereocenters. The van der Waals surface area contributed by atoms with Gasteiger partial charge >= 0.3 is 0 Å². The lowest BCUT2D eigenvalue weighted by Gasteiger charge is -2.47. The second-order valence-electron chi connectivity index (χ2n) is 16.4. The van der Waals surface area contributed by atoms with E-state index < -0.39 is 11.9 Å². The first kappa shape index (κ1) is 35.5. The van der Waals surface area contributed by atoms with Crippen LogP contribution in [0.3, 0.4) is 0 Å². The summed E-state index contributed by atoms with van der Waals surface area (Å²) in [7, 11) is 0. The fourth-order valence-electron chi connectivity index (χ4n) is 10.1. The maximum atomic E-state index is 13.5. The summed E-state index contributed by atoms with van der Waals surface area (Å²) in [5, 5.41) is 16.2. The SMILES string of the molecule is O=C1CCC(N2Cc3c(ccc4c3OC[C@H]3CN(C(=O)CN5CC(Nc6ccc([C@@H]7c8ccc(O)cc8CC[C@@H]7c7ccccc7)cc6)C5)CCN43)C2=O)C(=O)N1. The average molecular weight is 767 g/mol. The van der Waals surface area contributed by atoms with Crippen LogP contribution < -0.4 is 20.3 Å². The fraction of sp³-hybridized carbons (Fsp3) is 0.378. The van der Waals surface area contributed by atoms with Crippen LogP contribution in [0, 0.1) is 0 Å². The third kappa shape index (κ3) is 6.45. The number of rotatable bonds is 7. The van der Waals surface area contributed by atoms with Gasteiger partial charge in [0.15, 0.2) is 0 Å². The highest BCUT2D eigenvalue weighted by Gasteiger charge is 2.43. The standard InChI is InChI=1S/C45H46N6O6/c52-33-11-13-35-29(20-33)8-12-34(27-4-2-1-3-5-27)42(35)28-6-9-30(10-7-28)46-31-21-48(22-31)25-41(54)49-18-19-50-32(23-49)26-57-43-37-24-51(39-16-17-40(53)47-44(39)55)45(56)36(37)14-15-38(43)50/h1-7,9-11,13-15,20,31-32,34,39,42,46,52H,8,12,16-19,21-26H2,(H,47,53,55)/t32-,34-,39?,42+/m1/s1. The molecule has 3 saturated heterocycles. The lowest BCUT2D eigenvalue weighted by atomic mass is 9.69. The summed E-state index contributed by atoms with van der Waals surface area (Å²) >= 11 is 0. The second kappa shape index (κ2) is 14.3. The van der Waals surface area contributed by atoms with E-state index in [0.29, 0.717) is 62.2 Å². The molecule has 3 N–H and O–H groups in total. The number of piperazine rings is 1. The molecule has 10 rings (SSSR count). The number of phenolic OH excluding ortho intramolecular Hbond substituents is 1. The molecule has 292 valence electrons. The first-order valence-electron chi connectivity index (χ1n) is 20.2. The Bertz CT molecular complexity index is 2260. The maximum absolute atomic E-state index is 13.5. The Hall–Kier alpha value is -5.88. The predicted molar refractivity (Wildman–Crippen MR) is 213 cm³/mol. The third-order valence-electron chi connectivity index (χ3n) is 13.0.